The second-order valence-electron chi connectivity index (χ2n) is 3.43. The molecule has 3 heteroatoms. The SMILES string of the molecule is CCCNCC(=O)NC(C)CCC. The van der Waals surface area contributed by atoms with E-state index in [1.54, 1.807) is 0 Å². The first-order valence-electron chi connectivity index (χ1n) is 5.20. The van der Waals surface area contributed by atoms with E-state index in [0.29, 0.717) is 12.6 Å². The van der Waals surface area contributed by atoms with E-state index >= 15 is 0 Å². The molecule has 1 atom stereocenters. The third kappa shape index (κ3) is 7.78. The molecule has 13 heavy (non-hydrogen) atoms. The Labute approximate surface area is 81.3 Å². The average molecular weight is 186 g/mol. The lowest BCUT2D eigenvalue weighted by atomic mass is 10.2. The Morgan fingerprint density at radius 2 is 2.00 bits per heavy atom. The highest BCUT2D eigenvalue weighted by Gasteiger charge is 2.04. The Morgan fingerprint density at radius 3 is 2.54 bits per heavy atom. The van der Waals surface area contributed by atoms with E-state index in [9.17, 15) is 4.79 Å². The van der Waals surface area contributed by atoms with Gasteiger partial charge < -0.3 is 10.6 Å². The molecule has 3 nitrogen and oxygen atoms in total. The summed E-state index contributed by atoms with van der Waals surface area (Å²) < 4.78 is 0. The van der Waals surface area contributed by atoms with Crippen molar-refractivity contribution < 1.29 is 4.79 Å². The number of carbonyl (C=O) groups is 1. The molecule has 0 bridgehead atoms. The molecule has 1 unspecified atom stereocenters. The van der Waals surface area contributed by atoms with Crippen LogP contribution in [0.4, 0.5) is 0 Å². The van der Waals surface area contributed by atoms with Gasteiger partial charge in [-0.2, -0.15) is 0 Å². The highest BCUT2D eigenvalue weighted by molar-refractivity contribution is 5.78. The second kappa shape index (κ2) is 8.05. The fraction of sp³-hybridized carbons (Fsp3) is 0.900. The van der Waals surface area contributed by atoms with Crippen molar-refractivity contribution in [3.05, 3.63) is 0 Å². The quantitative estimate of drug-likeness (QED) is 0.588. The summed E-state index contributed by atoms with van der Waals surface area (Å²) in [6, 6.07) is 0.306. The van der Waals surface area contributed by atoms with E-state index in [1.807, 2.05) is 6.92 Å². The Hall–Kier alpha value is -0.570. The fourth-order valence-electron chi connectivity index (χ4n) is 1.21. The van der Waals surface area contributed by atoms with Crippen LogP contribution in [0.3, 0.4) is 0 Å². The van der Waals surface area contributed by atoms with Crippen LogP contribution in [0.2, 0.25) is 0 Å². The van der Waals surface area contributed by atoms with E-state index < -0.39 is 0 Å². The molecule has 0 aromatic carbocycles. The van der Waals surface area contributed by atoms with Crippen LogP contribution in [0.15, 0.2) is 0 Å². The predicted molar refractivity (Wildman–Crippen MR) is 55.7 cm³/mol. The molecule has 0 saturated carbocycles. The van der Waals surface area contributed by atoms with Gasteiger partial charge in [0.25, 0.3) is 0 Å². The average Bonchev–Trinajstić information content (AvgIpc) is 2.05. The first kappa shape index (κ1) is 12.4. The Balaban J connectivity index is 3.38. The summed E-state index contributed by atoms with van der Waals surface area (Å²) in [4.78, 5) is 11.2. The number of amides is 1. The summed E-state index contributed by atoms with van der Waals surface area (Å²) >= 11 is 0. The molecule has 0 heterocycles. The van der Waals surface area contributed by atoms with Gasteiger partial charge in [0.15, 0.2) is 0 Å². The summed E-state index contributed by atoms with van der Waals surface area (Å²) in [5, 5.41) is 6.01. The maximum atomic E-state index is 11.2. The van der Waals surface area contributed by atoms with Crippen LogP contribution in [0.5, 0.6) is 0 Å². The van der Waals surface area contributed by atoms with Gasteiger partial charge in [-0.25, -0.2) is 0 Å². The van der Waals surface area contributed by atoms with Crippen LogP contribution < -0.4 is 10.6 Å². The molecule has 0 fully saturated rings. The molecule has 0 aromatic heterocycles. The van der Waals surface area contributed by atoms with Gasteiger partial charge in [-0.15, -0.1) is 0 Å². The standard InChI is InChI=1S/C10H22N2O/c1-4-6-9(3)12-10(13)8-11-7-5-2/h9,11H,4-8H2,1-3H3,(H,12,13). The van der Waals surface area contributed by atoms with Gasteiger partial charge in [0, 0.05) is 6.04 Å². The maximum Gasteiger partial charge on any atom is 0.234 e. The number of hydrogen-bond donors (Lipinski definition) is 2. The minimum atomic E-state index is 0.106. The number of rotatable bonds is 7. The largest absolute Gasteiger partial charge is 0.353 e. The van der Waals surface area contributed by atoms with Crippen LogP contribution >= 0.6 is 0 Å². The third-order valence-electron chi connectivity index (χ3n) is 1.84. The number of nitrogens with one attached hydrogen (secondary N) is 2. The minimum absolute atomic E-state index is 0.106. The normalized spacial score (nSPS) is 12.5. The molecule has 78 valence electrons. The highest BCUT2D eigenvalue weighted by Crippen LogP contribution is 1.93. The van der Waals surface area contributed by atoms with Gasteiger partial charge in [0.05, 0.1) is 6.54 Å². The molecule has 0 rings (SSSR count). The first-order valence-corrected chi connectivity index (χ1v) is 5.20. The maximum absolute atomic E-state index is 11.2. The van der Waals surface area contributed by atoms with E-state index in [2.05, 4.69) is 24.5 Å². The monoisotopic (exact) mass is 186 g/mol. The van der Waals surface area contributed by atoms with Crippen molar-refractivity contribution in [2.75, 3.05) is 13.1 Å². The van der Waals surface area contributed by atoms with Gasteiger partial charge >= 0.3 is 0 Å². The van der Waals surface area contributed by atoms with Gasteiger partial charge in [-0.3, -0.25) is 4.79 Å². The van der Waals surface area contributed by atoms with Crippen molar-refractivity contribution in [2.45, 2.75) is 46.1 Å². The Kier molecular flexibility index (Phi) is 7.69. The van der Waals surface area contributed by atoms with Crippen molar-refractivity contribution in [3.63, 3.8) is 0 Å². The lowest BCUT2D eigenvalue weighted by Gasteiger charge is -2.12. The van der Waals surface area contributed by atoms with Gasteiger partial charge in [-0.05, 0) is 26.3 Å². The summed E-state index contributed by atoms with van der Waals surface area (Å²) in [5.41, 5.74) is 0. The van der Waals surface area contributed by atoms with E-state index in [1.165, 1.54) is 0 Å². The summed E-state index contributed by atoms with van der Waals surface area (Å²) in [7, 11) is 0. The zero-order valence-electron chi connectivity index (χ0n) is 9.02. The van der Waals surface area contributed by atoms with Crippen LogP contribution in [-0.4, -0.2) is 25.0 Å². The Morgan fingerprint density at radius 1 is 1.31 bits per heavy atom. The molecule has 0 saturated heterocycles. The van der Waals surface area contributed by atoms with Crippen LogP contribution in [0, 0.1) is 0 Å². The molecule has 0 spiro atoms. The van der Waals surface area contributed by atoms with Gasteiger partial charge in [0.2, 0.25) is 5.91 Å². The molecule has 0 aliphatic rings. The molecule has 1 amide bonds. The smallest absolute Gasteiger partial charge is 0.234 e. The van der Waals surface area contributed by atoms with Gasteiger partial charge in [-0.1, -0.05) is 20.3 Å². The molecular weight excluding hydrogens is 164 g/mol. The topological polar surface area (TPSA) is 41.1 Å². The second-order valence-corrected chi connectivity index (χ2v) is 3.43. The zero-order valence-corrected chi connectivity index (χ0v) is 9.02. The Bertz CT molecular complexity index is 137. The number of carbonyl (C=O) groups excluding carboxylic acids is 1. The van der Waals surface area contributed by atoms with Crippen molar-refractivity contribution in [1.82, 2.24) is 10.6 Å². The molecule has 0 aliphatic carbocycles. The van der Waals surface area contributed by atoms with Crippen LogP contribution in [0.25, 0.3) is 0 Å². The fourth-order valence-corrected chi connectivity index (χ4v) is 1.21. The zero-order chi connectivity index (χ0) is 10.1. The van der Waals surface area contributed by atoms with E-state index in [0.717, 1.165) is 25.8 Å². The minimum Gasteiger partial charge on any atom is -0.353 e. The van der Waals surface area contributed by atoms with Crippen molar-refractivity contribution in [1.29, 1.82) is 0 Å². The first-order chi connectivity index (χ1) is 6.20. The van der Waals surface area contributed by atoms with Crippen LogP contribution in [0.1, 0.15) is 40.0 Å². The molecule has 0 aliphatic heterocycles. The van der Waals surface area contributed by atoms with Crippen molar-refractivity contribution >= 4 is 5.91 Å². The van der Waals surface area contributed by atoms with Gasteiger partial charge in [0.1, 0.15) is 0 Å². The molecule has 2 N–H and O–H groups in total. The van der Waals surface area contributed by atoms with Crippen molar-refractivity contribution in [3.8, 4) is 0 Å². The van der Waals surface area contributed by atoms with Crippen molar-refractivity contribution in [2.24, 2.45) is 0 Å². The molecule has 0 aromatic rings. The molecular formula is C10H22N2O. The van der Waals surface area contributed by atoms with Crippen LogP contribution in [-0.2, 0) is 4.79 Å². The summed E-state index contributed by atoms with van der Waals surface area (Å²) in [5.74, 6) is 0.106. The summed E-state index contributed by atoms with van der Waals surface area (Å²) in [6.45, 7) is 7.61. The predicted octanol–water partition coefficient (Wildman–Crippen LogP) is 1.29. The summed E-state index contributed by atoms with van der Waals surface area (Å²) in [6.07, 6.45) is 3.24. The highest BCUT2D eigenvalue weighted by atomic mass is 16.1. The lowest BCUT2D eigenvalue weighted by molar-refractivity contribution is -0.120. The number of hydrogen-bond acceptors (Lipinski definition) is 2. The molecule has 0 radical (unpaired) electrons. The lowest BCUT2D eigenvalue weighted by Crippen LogP contribution is -2.39. The third-order valence-corrected chi connectivity index (χ3v) is 1.84. The van der Waals surface area contributed by atoms with E-state index in [-0.39, 0.29) is 5.91 Å². The van der Waals surface area contributed by atoms with E-state index in [4.69, 9.17) is 0 Å².